The van der Waals surface area contributed by atoms with E-state index in [9.17, 15) is 14.4 Å². The molecule has 0 radical (unpaired) electrons. The van der Waals surface area contributed by atoms with Crippen LogP contribution in [0.25, 0.3) is 11.0 Å². The van der Waals surface area contributed by atoms with Crippen molar-refractivity contribution in [2.75, 3.05) is 6.61 Å². The van der Waals surface area contributed by atoms with Gasteiger partial charge in [0, 0.05) is 17.5 Å². The lowest BCUT2D eigenvalue weighted by Gasteiger charge is -2.18. The Bertz CT molecular complexity index is 855. The van der Waals surface area contributed by atoms with Crippen LogP contribution in [0.3, 0.4) is 0 Å². The smallest absolute Gasteiger partial charge is 0.336 e. The molecule has 0 aliphatic heterocycles. The van der Waals surface area contributed by atoms with Crippen LogP contribution in [0.2, 0.25) is 0 Å². The van der Waals surface area contributed by atoms with E-state index in [1.165, 1.54) is 6.07 Å². The number of fused-ring (bicyclic) bond motifs is 1. The van der Waals surface area contributed by atoms with Crippen molar-refractivity contribution in [2.24, 2.45) is 5.92 Å². The third-order valence-corrected chi connectivity index (χ3v) is 3.94. The quantitative estimate of drug-likeness (QED) is 0.699. The lowest BCUT2D eigenvalue weighted by atomic mass is 10.1. The number of nitrogens with one attached hydrogen (secondary N) is 1. The molecule has 0 spiro atoms. The molecule has 2 N–H and O–H groups in total. The van der Waals surface area contributed by atoms with Crippen LogP contribution in [-0.4, -0.2) is 29.6 Å². The first-order chi connectivity index (χ1) is 12.3. The SMILES string of the molecule is CCCc1cc(=O)oc2cc(OCC(=O)NC(C(=O)O)C(C)C)ccc12. The van der Waals surface area contributed by atoms with Crippen molar-refractivity contribution in [1.29, 1.82) is 0 Å². The second kappa shape index (κ2) is 8.51. The number of hydrogen-bond donors (Lipinski definition) is 2. The van der Waals surface area contributed by atoms with Gasteiger partial charge in [0.1, 0.15) is 17.4 Å². The zero-order chi connectivity index (χ0) is 19.3. The van der Waals surface area contributed by atoms with Crippen LogP contribution < -0.4 is 15.7 Å². The Labute approximate surface area is 151 Å². The molecular formula is C19H23NO6. The summed E-state index contributed by atoms with van der Waals surface area (Å²) in [5, 5.41) is 12.3. The van der Waals surface area contributed by atoms with Gasteiger partial charge >= 0.3 is 11.6 Å². The van der Waals surface area contributed by atoms with Gasteiger partial charge in [-0.15, -0.1) is 0 Å². The van der Waals surface area contributed by atoms with E-state index in [-0.39, 0.29) is 12.5 Å². The van der Waals surface area contributed by atoms with E-state index in [4.69, 9.17) is 14.3 Å². The Morgan fingerprint density at radius 2 is 2.00 bits per heavy atom. The van der Waals surface area contributed by atoms with E-state index >= 15 is 0 Å². The molecule has 0 saturated carbocycles. The summed E-state index contributed by atoms with van der Waals surface area (Å²) in [7, 11) is 0. The average Bonchev–Trinajstić information content (AvgIpc) is 2.57. The van der Waals surface area contributed by atoms with Crippen molar-refractivity contribution in [3.05, 3.63) is 40.2 Å². The fourth-order valence-corrected chi connectivity index (χ4v) is 2.65. The molecule has 26 heavy (non-hydrogen) atoms. The number of benzene rings is 1. The summed E-state index contributed by atoms with van der Waals surface area (Å²) < 4.78 is 10.6. The van der Waals surface area contributed by atoms with Crippen LogP contribution in [-0.2, 0) is 16.0 Å². The standard InChI is InChI=1S/C19H23NO6/c1-4-5-12-8-17(22)26-15-9-13(6-7-14(12)15)25-10-16(21)20-18(11(2)3)19(23)24/h6-9,11,18H,4-5,10H2,1-3H3,(H,20,21)(H,23,24). The van der Waals surface area contributed by atoms with E-state index < -0.39 is 23.5 Å². The lowest BCUT2D eigenvalue weighted by Crippen LogP contribution is -2.46. The second-order valence-corrected chi connectivity index (χ2v) is 6.41. The highest BCUT2D eigenvalue weighted by atomic mass is 16.5. The molecule has 1 aromatic heterocycles. The number of carboxylic acid groups (broad SMARTS) is 1. The van der Waals surface area contributed by atoms with Crippen LogP contribution in [0.1, 0.15) is 32.8 Å². The highest BCUT2D eigenvalue weighted by molar-refractivity contribution is 5.85. The molecule has 1 aromatic carbocycles. The van der Waals surface area contributed by atoms with Gasteiger partial charge in [0.05, 0.1) is 0 Å². The van der Waals surface area contributed by atoms with Crippen LogP contribution in [0.4, 0.5) is 0 Å². The first-order valence-electron chi connectivity index (χ1n) is 8.53. The Balaban J connectivity index is 2.10. The summed E-state index contributed by atoms with van der Waals surface area (Å²) in [5.41, 5.74) is 0.866. The summed E-state index contributed by atoms with van der Waals surface area (Å²) in [6.07, 6.45) is 1.66. The average molecular weight is 361 g/mol. The molecule has 7 nitrogen and oxygen atoms in total. The number of ether oxygens (including phenoxy) is 1. The zero-order valence-electron chi connectivity index (χ0n) is 15.1. The molecule has 1 atom stereocenters. The third-order valence-electron chi connectivity index (χ3n) is 3.94. The van der Waals surface area contributed by atoms with E-state index in [0.29, 0.717) is 11.3 Å². The van der Waals surface area contributed by atoms with E-state index in [1.54, 1.807) is 32.0 Å². The predicted octanol–water partition coefficient (Wildman–Crippen LogP) is 2.35. The van der Waals surface area contributed by atoms with Gasteiger partial charge in [0.2, 0.25) is 0 Å². The Kier molecular flexibility index (Phi) is 6.38. The van der Waals surface area contributed by atoms with Gasteiger partial charge < -0.3 is 19.6 Å². The minimum absolute atomic E-state index is 0.247. The summed E-state index contributed by atoms with van der Waals surface area (Å²) in [5.74, 6) is -1.51. The van der Waals surface area contributed by atoms with Crippen molar-refractivity contribution in [2.45, 2.75) is 39.7 Å². The maximum absolute atomic E-state index is 11.9. The summed E-state index contributed by atoms with van der Waals surface area (Å²) in [6, 6.07) is 5.53. The van der Waals surface area contributed by atoms with Crippen LogP contribution in [0.5, 0.6) is 5.75 Å². The molecule has 0 saturated heterocycles. The number of aryl methyl sites for hydroxylation is 1. The molecule has 0 aliphatic rings. The Morgan fingerprint density at radius 3 is 2.62 bits per heavy atom. The molecule has 0 bridgehead atoms. The molecule has 2 aromatic rings. The fourth-order valence-electron chi connectivity index (χ4n) is 2.65. The number of carbonyl (C=O) groups is 2. The van der Waals surface area contributed by atoms with Crippen molar-refractivity contribution in [3.8, 4) is 5.75 Å². The molecule has 2 rings (SSSR count). The predicted molar refractivity (Wildman–Crippen MR) is 96.4 cm³/mol. The van der Waals surface area contributed by atoms with Gasteiger partial charge in [-0.2, -0.15) is 0 Å². The minimum Gasteiger partial charge on any atom is -0.484 e. The highest BCUT2D eigenvalue weighted by Gasteiger charge is 2.23. The number of aliphatic carboxylic acids is 1. The summed E-state index contributed by atoms with van der Waals surface area (Å²) in [4.78, 5) is 34.7. The normalized spacial score (nSPS) is 12.2. The molecule has 7 heteroatoms. The lowest BCUT2D eigenvalue weighted by molar-refractivity contribution is -0.143. The van der Waals surface area contributed by atoms with E-state index in [1.807, 2.05) is 6.92 Å². The van der Waals surface area contributed by atoms with E-state index in [2.05, 4.69) is 5.32 Å². The van der Waals surface area contributed by atoms with Gasteiger partial charge in [-0.3, -0.25) is 4.79 Å². The molecule has 1 amide bonds. The van der Waals surface area contributed by atoms with Crippen LogP contribution >= 0.6 is 0 Å². The van der Waals surface area contributed by atoms with E-state index in [0.717, 1.165) is 23.8 Å². The van der Waals surface area contributed by atoms with Crippen LogP contribution in [0.15, 0.2) is 33.5 Å². The molecule has 1 heterocycles. The van der Waals surface area contributed by atoms with Gasteiger partial charge in [-0.05, 0) is 30.0 Å². The van der Waals surface area contributed by atoms with Crippen LogP contribution in [0, 0.1) is 5.92 Å². The molecule has 0 fully saturated rings. The zero-order valence-corrected chi connectivity index (χ0v) is 15.1. The Morgan fingerprint density at radius 1 is 1.27 bits per heavy atom. The van der Waals surface area contributed by atoms with Crippen molar-refractivity contribution >= 4 is 22.8 Å². The van der Waals surface area contributed by atoms with Gasteiger partial charge in [-0.1, -0.05) is 27.2 Å². The van der Waals surface area contributed by atoms with Gasteiger partial charge in [-0.25, -0.2) is 9.59 Å². The van der Waals surface area contributed by atoms with Crippen molar-refractivity contribution < 1.29 is 23.8 Å². The topological polar surface area (TPSA) is 106 Å². The largest absolute Gasteiger partial charge is 0.484 e. The summed E-state index contributed by atoms with van der Waals surface area (Å²) >= 11 is 0. The molecular weight excluding hydrogens is 338 g/mol. The number of carbonyl (C=O) groups excluding carboxylic acids is 1. The molecule has 140 valence electrons. The van der Waals surface area contributed by atoms with Crippen molar-refractivity contribution in [3.63, 3.8) is 0 Å². The second-order valence-electron chi connectivity index (χ2n) is 6.41. The molecule has 1 unspecified atom stereocenters. The monoisotopic (exact) mass is 361 g/mol. The van der Waals surface area contributed by atoms with Gasteiger partial charge in [0.25, 0.3) is 5.91 Å². The first kappa shape index (κ1) is 19.5. The Hall–Kier alpha value is -2.83. The highest BCUT2D eigenvalue weighted by Crippen LogP contribution is 2.23. The third kappa shape index (κ3) is 4.84. The number of amides is 1. The maximum Gasteiger partial charge on any atom is 0.336 e. The number of rotatable bonds is 8. The first-order valence-corrected chi connectivity index (χ1v) is 8.53. The fraction of sp³-hybridized carbons (Fsp3) is 0.421. The molecule has 0 aliphatic carbocycles. The minimum atomic E-state index is -1.09. The van der Waals surface area contributed by atoms with Crippen molar-refractivity contribution in [1.82, 2.24) is 5.32 Å². The summed E-state index contributed by atoms with van der Waals surface area (Å²) in [6.45, 7) is 5.11. The van der Waals surface area contributed by atoms with Gasteiger partial charge in [0.15, 0.2) is 6.61 Å². The maximum atomic E-state index is 11.9. The number of carboxylic acids is 1. The number of hydrogen-bond acceptors (Lipinski definition) is 5.